The summed E-state index contributed by atoms with van der Waals surface area (Å²) in [6.07, 6.45) is 9.56. The molecule has 6 rings (SSSR count). The topological polar surface area (TPSA) is 107 Å². The molecular weight excluding hydrogens is 506 g/mol. The van der Waals surface area contributed by atoms with Crippen LogP contribution in [0.1, 0.15) is 47.9 Å². The third-order valence-corrected chi connectivity index (χ3v) is 8.11. The maximum absolute atomic E-state index is 8.78. The fourth-order valence-corrected chi connectivity index (χ4v) is 5.88. The van der Waals surface area contributed by atoms with Gasteiger partial charge in [-0.3, -0.25) is 9.35 Å². The molecule has 2 heterocycles. The Morgan fingerprint density at radius 3 is 2.51 bits per heavy atom. The van der Waals surface area contributed by atoms with Crippen LogP contribution in [0.3, 0.4) is 0 Å². The molecule has 7 nitrogen and oxygen atoms in total. The number of aromatic nitrogens is 2. The average molecular weight is 543 g/mol. The Morgan fingerprint density at radius 2 is 1.74 bits per heavy atom. The van der Waals surface area contributed by atoms with E-state index in [2.05, 4.69) is 88.8 Å². The van der Waals surface area contributed by atoms with E-state index in [0.29, 0.717) is 5.95 Å². The van der Waals surface area contributed by atoms with Crippen LogP contribution in [0.15, 0.2) is 60.8 Å². The van der Waals surface area contributed by atoms with Crippen molar-refractivity contribution in [1.29, 1.82) is 0 Å². The van der Waals surface area contributed by atoms with Gasteiger partial charge in [0.2, 0.25) is 5.95 Å². The minimum absolute atomic E-state index is 0.652. The first-order valence-corrected chi connectivity index (χ1v) is 14.8. The number of anilines is 2. The largest absolute Gasteiger partial charge is 0.760 e. The van der Waals surface area contributed by atoms with Crippen LogP contribution in [0.5, 0.6) is 0 Å². The van der Waals surface area contributed by atoms with E-state index in [1.54, 1.807) is 0 Å². The lowest BCUT2D eigenvalue weighted by Crippen LogP contribution is -2.32. The molecule has 1 aromatic heterocycles. The molecule has 8 heteroatoms. The molecule has 0 radical (unpaired) electrons. The Morgan fingerprint density at radius 1 is 1.00 bits per heavy atom. The molecule has 39 heavy (non-hydrogen) atoms. The summed E-state index contributed by atoms with van der Waals surface area (Å²) >= 11 is -2.36. The molecule has 2 unspecified atom stereocenters. The standard InChI is InChI=1S/C31H34N4.H3NO2S/c1-21-6-5-7-29(22(21)2)25-8-9-26-20-32-31(34-30(26)19-25)33-27-13-10-23-11-14-28(15-12-24(23)18-27)35-16-3-4-17-35;1-4(2)3/h5-10,13,18-20,28H,3-4,11-12,14-17H2,1-2H3,(H,32,33,34);1H2,(H,2,3)/p-1. The first kappa shape index (κ1) is 27.4. The molecule has 2 atom stereocenters. The molecule has 1 aliphatic carbocycles. The first-order valence-electron chi connectivity index (χ1n) is 13.7. The van der Waals surface area contributed by atoms with E-state index >= 15 is 0 Å². The molecule has 204 valence electrons. The van der Waals surface area contributed by atoms with Crippen molar-refractivity contribution in [1.82, 2.24) is 14.9 Å². The lowest BCUT2D eigenvalue weighted by atomic mass is 9.96. The minimum atomic E-state index is -2.36. The Bertz CT molecular complexity index is 1480. The summed E-state index contributed by atoms with van der Waals surface area (Å²) in [7, 11) is 0. The van der Waals surface area contributed by atoms with Gasteiger partial charge >= 0.3 is 0 Å². The van der Waals surface area contributed by atoms with Crippen LogP contribution in [-0.4, -0.2) is 42.8 Å². The molecule has 3 aromatic carbocycles. The van der Waals surface area contributed by atoms with Crippen molar-refractivity contribution >= 4 is 33.8 Å². The average Bonchev–Trinajstić information content (AvgIpc) is 3.37. The van der Waals surface area contributed by atoms with Gasteiger partial charge in [-0.2, -0.15) is 0 Å². The highest BCUT2D eigenvalue weighted by Gasteiger charge is 2.24. The van der Waals surface area contributed by atoms with Crippen LogP contribution in [0.25, 0.3) is 22.0 Å². The molecule has 2 aliphatic rings. The van der Waals surface area contributed by atoms with Gasteiger partial charge in [0, 0.05) is 34.6 Å². The smallest absolute Gasteiger partial charge is 0.227 e. The second-order valence-electron chi connectivity index (χ2n) is 10.6. The molecule has 0 spiro atoms. The number of nitrogens with zero attached hydrogens (tertiary/aromatic N) is 3. The van der Waals surface area contributed by atoms with Crippen molar-refractivity contribution in [3.05, 3.63) is 83.0 Å². The number of fused-ring (bicyclic) bond motifs is 2. The van der Waals surface area contributed by atoms with Gasteiger partial charge in [-0.1, -0.05) is 36.4 Å². The maximum atomic E-state index is 8.78. The summed E-state index contributed by atoms with van der Waals surface area (Å²) in [6, 6.07) is 20.5. The first-order chi connectivity index (χ1) is 18.9. The molecule has 0 saturated carbocycles. The fourth-order valence-electron chi connectivity index (χ4n) is 5.88. The van der Waals surface area contributed by atoms with Crippen LogP contribution in [-0.2, 0) is 24.1 Å². The molecular formula is C31H36N5O2S-. The van der Waals surface area contributed by atoms with Gasteiger partial charge in [0.15, 0.2) is 0 Å². The molecule has 3 N–H and O–H groups in total. The van der Waals surface area contributed by atoms with Gasteiger partial charge in [-0.15, -0.1) is 0 Å². The van der Waals surface area contributed by atoms with Gasteiger partial charge in [0.05, 0.1) is 5.52 Å². The van der Waals surface area contributed by atoms with E-state index in [4.69, 9.17) is 13.7 Å². The van der Waals surface area contributed by atoms with Gasteiger partial charge in [-0.25, -0.2) is 9.97 Å². The number of aryl methyl sites for hydroxylation is 3. The third kappa shape index (κ3) is 6.70. The van der Waals surface area contributed by atoms with E-state index in [1.165, 1.54) is 78.6 Å². The number of hydrogen-bond donors (Lipinski definition) is 2. The zero-order valence-corrected chi connectivity index (χ0v) is 23.5. The van der Waals surface area contributed by atoms with Crippen molar-refractivity contribution in [2.24, 2.45) is 5.14 Å². The maximum Gasteiger partial charge on any atom is 0.227 e. The number of rotatable bonds is 4. The Hall–Kier alpha value is -3.17. The number of nitrogens with two attached hydrogens (primary N) is 1. The highest BCUT2D eigenvalue weighted by molar-refractivity contribution is 7.76. The lowest BCUT2D eigenvalue weighted by Gasteiger charge is -2.25. The summed E-state index contributed by atoms with van der Waals surface area (Å²) < 4.78 is 17.6. The van der Waals surface area contributed by atoms with Gasteiger partial charge in [0.25, 0.3) is 0 Å². The van der Waals surface area contributed by atoms with Crippen molar-refractivity contribution in [2.75, 3.05) is 18.4 Å². The van der Waals surface area contributed by atoms with Crippen molar-refractivity contribution in [3.8, 4) is 11.1 Å². The van der Waals surface area contributed by atoms with Crippen LogP contribution in [0.2, 0.25) is 0 Å². The predicted octanol–water partition coefficient (Wildman–Crippen LogP) is 5.74. The zero-order chi connectivity index (χ0) is 27.4. The third-order valence-electron chi connectivity index (χ3n) is 8.11. The second kappa shape index (κ2) is 12.3. The number of nitrogens with one attached hydrogen (secondary N) is 1. The second-order valence-corrected chi connectivity index (χ2v) is 11.1. The molecule has 4 aromatic rings. The summed E-state index contributed by atoms with van der Waals surface area (Å²) in [5.74, 6) is 0.652. The molecule has 1 saturated heterocycles. The molecule has 1 aliphatic heterocycles. The van der Waals surface area contributed by atoms with Crippen LogP contribution < -0.4 is 10.5 Å². The van der Waals surface area contributed by atoms with E-state index in [1.807, 2.05) is 6.20 Å². The molecule has 1 fully saturated rings. The van der Waals surface area contributed by atoms with Crippen LogP contribution in [0, 0.1) is 13.8 Å². The highest BCUT2D eigenvalue weighted by atomic mass is 32.2. The zero-order valence-electron chi connectivity index (χ0n) is 22.7. The lowest BCUT2D eigenvalue weighted by molar-refractivity contribution is 0.222. The summed E-state index contributed by atoms with van der Waals surface area (Å²) in [4.78, 5) is 12.2. The number of benzene rings is 3. The van der Waals surface area contributed by atoms with E-state index < -0.39 is 11.3 Å². The van der Waals surface area contributed by atoms with Crippen LogP contribution in [0.4, 0.5) is 11.6 Å². The van der Waals surface area contributed by atoms with Crippen LogP contribution >= 0.6 is 0 Å². The fraction of sp³-hybridized carbons (Fsp3) is 0.355. The summed E-state index contributed by atoms with van der Waals surface area (Å²) in [6.45, 7) is 6.93. The number of likely N-dealkylation sites (tertiary alicyclic amines) is 1. The minimum Gasteiger partial charge on any atom is -0.760 e. The monoisotopic (exact) mass is 542 g/mol. The summed E-state index contributed by atoms with van der Waals surface area (Å²) in [5.41, 5.74) is 10.1. The van der Waals surface area contributed by atoms with E-state index in [-0.39, 0.29) is 0 Å². The van der Waals surface area contributed by atoms with Gasteiger partial charge < -0.3 is 14.8 Å². The van der Waals surface area contributed by atoms with Gasteiger partial charge in [-0.05, 0) is 117 Å². The molecule has 0 bridgehead atoms. The Balaban J connectivity index is 0.000000723. The van der Waals surface area contributed by atoms with Crippen molar-refractivity contribution in [2.45, 2.75) is 58.4 Å². The molecule has 0 amide bonds. The Labute approximate surface area is 233 Å². The van der Waals surface area contributed by atoms with Crippen molar-refractivity contribution < 1.29 is 8.76 Å². The van der Waals surface area contributed by atoms with Gasteiger partial charge in [0.1, 0.15) is 0 Å². The van der Waals surface area contributed by atoms with Crippen molar-refractivity contribution in [3.63, 3.8) is 0 Å². The highest BCUT2D eigenvalue weighted by Crippen LogP contribution is 2.30. The predicted molar refractivity (Wildman–Crippen MR) is 159 cm³/mol. The summed E-state index contributed by atoms with van der Waals surface area (Å²) in [5, 5.41) is 8.56. The quantitative estimate of drug-likeness (QED) is 0.252. The Kier molecular flexibility index (Phi) is 8.67. The number of hydrogen-bond acceptors (Lipinski definition) is 6. The van der Waals surface area contributed by atoms with E-state index in [9.17, 15) is 0 Å². The van der Waals surface area contributed by atoms with E-state index in [0.717, 1.165) is 29.1 Å². The normalized spacial score (nSPS) is 18.1. The SMILES string of the molecule is Cc1cccc(-c2ccc3cnc(Nc4ccc5c(c4)CCC(N4CCCC4)CC5)nc3c2)c1C.NS(=O)[O-].